The maximum Gasteiger partial charge on any atom is 0.260 e. The Morgan fingerprint density at radius 1 is 1.45 bits per heavy atom. The lowest BCUT2D eigenvalue weighted by Crippen LogP contribution is -2.46. The minimum atomic E-state index is -0.0252. The smallest absolute Gasteiger partial charge is 0.260 e. The van der Waals surface area contributed by atoms with Gasteiger partial charge in [0.1, 0.15) is 0 Å². The normalized spacial score (nSPS) is 18.8. The van der Waals surface area contributed by atoms with E-state index in [0.29, 0.717) is 31.2 Å². The second-order valence-corrected chi connectivity index (χ2v) is 4.96. The fourth-order valence-corrected chi connectivity index (χ4v) is 2.17. The monoisotopic (exact) mass is 279 g/mol. The number of aryl methyl sites for hydroxylation is 1. The van der Waals surface area contributed by atoms with Crippen molar-refractivity contribution >= 4 is 5.91 Å². The van der Waals surface area contributed by atoms with Crippen LogP contribution >= 0.6 is 0 Å². The number of methoxy groups -OCH3 is 1. The summed E-state index contributed by atoms with van der Waals surface area (Å²) < 4.78 is 16.2. The van der Waals surface area contributed by atoms with Crippen molar-refractivity contribution in [2.75, 3.05) is 33.4 Å². The highest BCUT2D eigenvalue weighted by Gasteiger charge is 2.21. The van der Waals surface area contributed by atoms with Gasteiger partial charge in [0.15, 0.2) is 18.1 Å². The van der Waals surface area contributed by atoms with Crippen molar-refractivity contribution in [1.82, 2.24) is 4.90 Å². The van der Waals surface area contributed by atoms with Crippen molar-refractivity contribution in [2.45, 2.75) is 20.0 Å². The number of morpholine rings is 1. The first-order valence-corrected chi connectivity index (χ1v) is 6.77. The van der Waals surface area contributed by atoms with Gasteiger partial charge in [0, 0.05) is 13.1 Å². The van der Waals surface area contributed by atoms with Gasteiger partial charge in [-0.25, -0.2) is 0 Å². The Morgan fingerprint density at radius 2 is 2.25 bits per heavy atom. The summed E-state index contributed by atoms with van der Waals surface area (Å²) in [4.78, 5) is 13.9. The van der Waals surface area contributed by atoms with E-state index in [4.69, 9.17) is 14.2 Å². The number of nitrogens with zero attached hydrogens (tertiary/aromatic N) is 1. The second kappa shape index (κ2) is 6.61. The van der Waals surface area contributed by atoms with Crippen LogP contribution in [0.25, 0.3) is 0 Å². The Kier molecular flexibility index (Phi) is 4.84. The second-order valence-electron chi connectivity index (χ2n) is 4.96. The predicted molar refractivity (Wildman–Crippen MR) is 75.2 cm³/mol. The van der Waals surface area contributed by atoms with E-state index < -0.39 is 0 Å². The molecule has 1 fully saturated rings. The molecule has 5 heteroatoms. The molecule has 1 aromatic rings. The van der Waals surface area contributed by atoms with Gasteiger partial charge in [-0.1, -0.05) is 6.07 Å². The quantitative estimate of drug-likeness (QED) is 0.840. The third-order valence-electron chi connectivity index (χ3n) is 3.26. The maximum atomic E-state index is 12.1. The van der Waals surface area contributed by atoms with Crippen LogP contribution < -0.4 is 9.47 Å². The van der Waals surface area contributed by atoms with E-state index >= 15 is 0 Å². The highest BCUT2D eigenvalue weighted by atomic mass is 16.5. The number of rotatable bonds is 4. The van der Waals surface area contributed by atoms with Crippen LogP contribution in [-0.4, -0.2) is 50.3 Å². The third kappa shape index (κ3) is 3.63. The fourth-order valence-electron chi connectivity index (χ4n) is 2.17. The van der Waals surface area contributed by atoms with Crippen LogP contribution in [0.5, 0.6) is 11.5 Å². The molecule has 1 unspecified atom stereocenters. The van der Waals surface area contributed by atoms with Crippen LogP contribution in [0.2, 0.25) is 0 Å². The summed E-state index contributed by atoms with van der Waals surface area (Å²) in [6.45, 7) is 5.79. The third-order valence-corrected chi connectivity index (χ3v) is 3.26. The molecule has 20 heavy (non-hydrogen) atoms. The van der Waals surface area contributed by atoms with Gasteiger partial charge in [-0.3, -0.25) is 4.79 Å². The molecule has 0 spiro atoms. The first kappa shape index (κ1) is 14.7. The zero-order chi connectivity index (χ0) is 14.5. The Morgan fingerprint density at radius 3 is 2.95 bits per heavy atom. The number of carbonyl (C=O) groups is 1. The van der Waals surface area contributed by atoms with Gasteiger partial charge in [0.25, 0.3) is 5.91 Å². The predicted octanol–water partition coefficient (Wildman–Crippen LogP) is 1.63. The van der Waals surface area contributed by atoms with E-state index in [1.807, 2.05) is 32.0 Å². The number of hydrogen-bond acceptors (Lipinski definition) is 4. The summed E-state index contributed by atoms with van der Waals surface area (Å²) in [5.74, 6) is 1.21. The van der Waals surface area contributed by atoms with Gasteiger partial charge in [0.2, 0.25) is 0 Å². The van der Waals surface area contributed by atoms with Crippen molar-refractivity contribution in [3.63, 3.8) is 0 Å². The maximum absolute atomic E-state index is 12.1. The summed E-state index contributed by atoms with van der Waals surface area (Å²) in [6.07, 6.45) is 0.0848. The molecule has 2 rings (SSSR count). The van der Waals surface area contributed by atoms with Crippen LogP contribution in [0, 0.1) is 6.92 Å². The molecule has 1 saturated heterocycles. The molecule has 5 nitrogen and oxygen atoms in total. The van der Waals surface area contributed by atoms with Crippen molar-refractivity contribution in [1.29, 1.82) is 0 Å². The summed E-state index contributed by atoms with van der Waals surface area (Å²) >= 11 is 0. The van der Waals surface area contributed by atoms with Crippen molar-refractivity contribution in [3.05, 3.63) is 23.8 Å². The van der Waals surface area contributed by atoms with Crippen LogP contribution in [-0.2, 0) is 9.53 Å². The molecule has 1 aliphatic heterocycles. The fraction of sp³-hybridized carbons (Fsp3) is 0.533. The molecule has 1 aromatic carbocycles. The van der Waals surface area contributed by atoms with Crippen molar-refractivity contribution in [2.24, 2.45) is 0 Å². The number of ether oxygens (including phenoxy) is 3. The van der Waals surface area contributed by atoms with Crippen molar-refractivity contribution < 1.29 is 19.0 Å². The van der Waals surface area contributed by atoms with E-state index in [9.17, 15) is 4.79 Å². The van der Waals surface area contributed by atoms with Gasteiger partial charge >= 0.3 is 0 Å². The van der Waals surface area contributed by atoms with E-state index in [-0.39, 0.29) is 18.6 Å². The van der Waals surface area contributed by atoms with Gasteiger partial charge < -0.3 is 19.1 Å². The standard InChI is InChI=1S/C15H21NO4/c1-11-4-5-13(14(8-11)18-3)20-10-15(17)16-6-7-19-12(2)9-16/h4-5,8,12H,6-7,9-10H2,1-3H3. The molecule has 1 heterocycles. The van der Waals surface area contributed by atoms with E-state index in [1.165, 1.54) is 0 Å². The van der Waals surface area contributed by atoms with Crippen molar-refractivity contribution in [3.8, 4) is 11.5 Å². The Balaban J connectivity index is 1.93. The average molecular weight is 279 g/mol. The summed E-state index contributed by atoms with van der Waals surface area (Å²) in [6, 6.07) is 5.64. The van der Waals surface area contributed by atoms with E-state index in [1.54, 1.807) is 12.0 Å². The number of amides is 1. The molecule has 110 valence electrons. The summed E-state index contributed by atoms with van der Waals surface area (Å²) in [5.41, 5.74) is 1.09. The highest BCUT2D eigenvalue weighted by molar-refractivity contribution is 5.78. The molecule has 0 aliphatic carbocycles. The molecule has 0 bridgehead atoms. The molecule has 0 saturated carbocycles. The Bertz CT molecular complexity index is 475. The summed E-state index contributed by atoms with van der Waals surface area (Å²) in [5, 5.41) is 0. The first-order valence-electron chi connectivity index (χ1n) is 6.77. The largest absolute Gasteiger partial charge is 0.493 e. The molecule has 0 radical (unpaired) electrons. The number of carbonyl (C=O) groups excluding carboxylic acids is 1. The Labute approximate surface area is 119 Å². The minimum Gasteiger partial charge on any atom is -0.493 e. The minimum absolute atomic E-state index is 0.0200. The lowest BCUT2D eigenvalue weighted by molar-refractivity contribution is -0.140. The number of hydrogen-bond donors (Lipinski definition) is 0. The van der Waals surface area contributed by atoms with E-state index in [0.717, 1.165) is 5.56 Å². The average Bonchev–Trinajstić information content (AvgIpc) is 2.45. The lowest BCUT2D eigenvalue weighted by atomic mass is 10.2. The van der Waals surface area contributed by atoms with Gasteiger partial charge in [-0.2, -0.15) is 0 Å². The van der Waals surface area contributed by atoms with Gasteiger partial charge in [-0.15, -0.1) is 0 Å². The molecular formula is C15H21NO4. The highest BCUT2D eigenvalue weighted by Crippen LogP contribution is 2.27. The van der Waals surface area contributed by atoms with E-state index in [2.05, 4.69) is 0 Å². The topological polar surface area (TPSA) is 48.0 Å². The molecule has 1 atom stereocenters. The van der Waals surface area contributed by atoms with Crippen LogP contribution in [0.4, 0.5) is 0 Å². The van der Waals surface area contributed by atoms with Gasteiger partial charge in [-0.05, 0) is 31.5 Å². The SMILES string of the molecule is COc1cc(C)ccc1OCC(=O)N1CCOC(C)C1. The Hall–Kier alpha value is -1.75. The lowest BCUT2D eigenvalue weighted by Gasteiger charge is -2.31. The number of benzene rings is 1. The van der Waals surface area contributed by atoms with Gasteiger partial charge in [0.05, 0.1) is 19.8 Å². The molecule has 0 aromatic heterocycles. The van der Waals surface area contributed by atoms with Crippen LogP contribution in [0.1, 0.15) is 12.5 Å². The van der Waals surface area contributed by atoms with Crippen LogP contribution in [0.15, 0.2) is 18.2 Å². The molecular weight excluding hydrogens is 258 g/mol. The summed E-state index contributed by atoms with van der Waals surface area (Å²) in [7, 11) is 1.59. The van der Waals surface area contributed by atoms with Crippen LogP contribution in [0.3, 0.4) is 0 Å². The molecule has 1 amide bonds. The zero-order valence-corrected chi connectivity index (χ0v) is 12.2. The zero-order valence-electron chi connectivity index (χ0n) is 12.2. The first-order chi connectivity index (χ1) is 9.60. The molecule has 0 N–H and O–H groups in total. The molecule has 1 aliphatic rings.